The summed E-state index contributed by atoms with van der Waals surface area (Å²) >= 11 is 0. The molecule has 0 saturated carbocycles. The number of rotatable bonds is 15. The zero-order chi connectivity index (χ0) is 19.4. The first-order chi connectivity index (χ1) is 12.4. The number of ether oxygens (including phenoxy) is 1. The molecule has 1 aliphatic rings. The molecule has 0 saturated heterocycles. The van der Waals surface area contributed by atoms with E-state index in [1.807, 2.05) is 0 Å². The fraction of sp³-hybridized carbons (Fsp3) is 0.833. The average Bonchev–Trinajstić information content (AvgIpc) is 2.93. The molecule has 152 valence electrons. The molecule has 7 nitrogen and oxygen atoms in total. The van der Waals surface area contributed by atoms with Gasteiger partial charge in [-0.3, -0.25) is 0 Å². The molecule has 0 aliphatic carbocycles. The lowest BCUT2D eigenvalue weighted by atomic mass is 10.1. The second-order valence-electron chi connectivity index (χ2n) is 6.80. The van der Waals surface area contributed by atoms with Crippen LogP contribution in [0.4, 0.5) is 0 Å². The third-order valence-corrected chi connectivity index (χ3v) is 5.88. The highest BCUT2D eigenvalue weighted by atomic mass is 32.2. The van der Waals surface area contributed by atoms with Gasteiger partial charge in [-0.1, -0.05) is 64.7 Å². The van der Waals surface area contributed by atoms with Crippen molar-refractivity contribution in [1.82, 2.24) is 4.72 Å². The number of esters is 1. The Bertz CT molecular complexity index is 546. The van der Waals surface area contributed by atoms with E-state index in [1.165, 1.54) is 38.5 Å². The average molecular weight is 392 g/mol. The lowest BCUT2D eigenvalue weighted by molar-refractivity contribution is -0.151. The van der Waals surface area contributed by atoms with Crippen LogP contribution in [0.15, 0.2) is 11.6 Å². The van der Waals surface area contributed by atoms with Crippen LogP contribution in [-0.2, 0) is 19.6 Å². The van der Waals surface area contributed by atoms with Crippen LogP contribution < -0.4 is 4.72 Å². The first kappa shape index (κ1) is 23.1. The Labute approximate surface area is 156 Å². The number of hydrogen-bond donors (Lipinski definition) is 3. The lowest BCUT2D eigenvalue weighted by Crippen LogP contribution is -2.36. The van der Waals surface area contributed by atoms with Crippen molar-refractivity contribution < 1.29 is 28.2 Å². The van der Waals surface area contributed by atoms with Crippen molar-refractivity contribution in [2.45, 2.75) is 83.5 Å². The Hall–Kier alpha value is -0.960. The number of aliphatic hydroxyl groups excluding tert-OH is 2. The highest BCUT2D eigenvalue weighted by Gasteiger charge is 2.29. The van der Waals surface area contributed by atoms with E-state index in [0.717, 1.165) is 25.3 Å². The summed E-state index contributed by atoms with van der Waals surface area (Å²) in [6.07, 6.45) is 9.40. The van der Waals surface area contributed by atoms with E-state index in [9.17, 15) is 23.4 Å². The summed E-state index contributed by atoms with van der Waals surface area (Å²) < 4.78 is 30.6. The van der Waals surface area contributed by atoms with Crippen LogP contribution in [0.1, 0.15) is 71.1 Å². The summed E-state index contributed by atoms with van der Waals surface area (Å²) in [5, 5.41) is 19.3. The van der Waals surface area contributed by atoms with Gasteiger partial charge in [0.1, 0.15) is 0 Å². The van der Waals surface area contributed by atoms with Crippen LogP contribution in [0.3, 0.4) is 0 Å². The van der Waals surface area contributed by atoms with Crippen LogP contribution in [0, 0.1) is 0 Å². The Morgan fingerprint density at radius 3 is 2.12 bits per heavy atom. The van der Waals surface area contributed by atoms with Gasteiger partial charge in [0.25, 0.3) is 0 Å². The van der Waals surface area contributed by atoms with Gasteiger partial charge in [0.15, 0.2) is 0 Å². The van der Waals surface area contributed by atoms with E-state index < -0.39 is 28.4 Å². The number of carbonyl (C=O) groups is 1. The van der Waals surface area contributed by atoms with Crippen LogP contribution in [0.25, 0.3) is 0 Å². The normalized spacial score (nSPS) is 18.7. The molecular weight excluding hydrogens is 358 g/mol. The first-order valence-corrected chi connectivity index (χ1v) is 11.3. The maximum atomic E-state index is 11.9. The highest BCUT2D eigenvalue weighted by Crippen LogP contribution is 2.17. The molecule has 0 bridgehead atoms. The predicted molar refractivity (Wildman–Crippen MR) is 99.8 cm³/mol. The number of aliphatic hydroxyl groups is 2. The number of nitrogens with one attached hydrogen (secondary N) is 1. The Kier molecular flexibility index (Phi) is 11.0. The van der Waals surface area contributed by atoms with E-state index in [0.29, 0.717) is 6.42 Å². The van der Waals surface area contributed by atoms with Crippen LogP contribution >= 0.6 is 0 Å². The first-order valence-electron chi connectivity index (χ1n) is 9.61. The van der Waals surface area contributed by atoms with Crippen molar-refractivity contribution in [2.75, 3.05) is 12.3 Å². The van der Waals surface area contributed by atoms with Gasteiger partial charge in [-0.25, -0.2) is 17.9 Å². The number of carbonyl (C=O) groups excluding carboxylic acids is 1. The SMILES string of the molecule is CCCCCCCCCCCCS(=O)(=O)NCC(O)C1=CC(=O)OC1O. The Balaban J connectivity index is 2.09. The van der Waals surface area contributed by atoms with Gasteiger partial charge in [0, 0.05) is 18.2 Å². The van der Waals surface area contributed by atoms with Crippen molar-refractivity contribution in [3.63, 3.8) is 0 Å². The third-order valence-electron chi connectivity index (χ3n) is 4.45. The number of sulfonamides is 1. The summed E-state index contributed by atoms with van der Waals surface area (Å²) in [7, 11) is -3.49. The minimum atomic E-state index is -3.49. The predicted octanol–water partition coefficient (Wildman–Crippen LogP) is 1.99. The van der Waals surface area contributed by atoms with Gasteiger partial charge in [-0.15, -0.1) is 0 Å². The molecule has 0 amide bonds. The van der Waals surface area contributed by atoms with E-state index in [-0.39, 0.29) is 17.9 Å². The molecule has 26 heavy (non-hydrogen) atoms. The molecule has 0 spiro atoms. The third kappa shape index (κ3) is 9.66. The summed E-state index contributed by atoms with van der Waals surface area (Å²) in [5.41, 5.74) is -0.0309. The molecule has 1 aliphatic heterocycles. The molecule has 0 aromatic heterocycles. The molecule has 2 unspecified atom stereocenters. The fourth-order valence-electron chi connectivity index (χ4n) is 2.86. The molecule has 2 atom stereocenters. The van der Waals surface area contributed by atoms with Crippen LogP contribution in [-0.4, -0.2) is 49.3 Å². The van der Waals surface area contributed by atoms with E-state index in [4.69, 9.17) is 0 Å². The van der Waals surface area contributed by atoms with Gasteiger partial charge >= 0.3 is 5.97 Å². The topological polar surface area (TPSA) is 113 Å². The minimum absolute atomic E-state index is 0.00719. The van der Waals surface area contributed by atoms with Gasteiger partial charge in [0.2, 0.25) is 16.3 Å². The molecule has 1 rings (SSSR count). The summed E-state index contributed by atoms with van der Waals surface area (Å²) in [6, 6.07) is 0. The van der Waals surface area contributed by atoms with Crippen molar-refractivity contribution in [1.29, 1.82) is 0 Å². The summed E-state index contributed by atoms with van der Waals surface area (Å²) in [5.74, 6) is -0.743. The number of unbranched alkanes of at least 4 members (excludes halogenated alkanes) is 9. The fourth-order valence-corrected chi connectivity index (χ4v) is 4.00. The second kappa shape index (κ2) is 12.4. The monoisotopic (exact) mass is 391 g/mol. The molecule has 0 radical (unpaired) electrons. The summed E-state index contributed by atoms with van der Waals surface area (Å²) in [4.78, 5) is 11.0. The van der Waals surface area contributed by atoms with Gasteiger partial charge in [-0.05, 0) is 6.42 Å². The maximum absolute atomic E-state index is 11.9. The quantitative estimate of drug-likeness (QED) is 0.291. The number of cyclic esters (lactones) is 1. The second-order valence-corrected chi connectivity index (χ2v) is 8.73. The van der Waals surface area contributed by atoms with Gasteiger partial charge in [-0.2, -0.15) is 0 Å². The number of hydrogen-bond acceptors (Lipinski definition) is 6. The van der Waals surface area contributed by atoms with Gasteiger partial charge < -0.3 is 14.9 Å². The van der Waals surface area contributed by atoms with Crippen LogP contribution in [0.5, 0.6) is 0 Å². The van der Waals surface area contributed by atoms with E-state index in [1.54, 1.807) is 0 Å². The van der Waals surface area contributed by atoms with Crippen LogP contribution in [0.2, 0.25) is 0 Å². The largest absolute Gasteiger partial charge is 0.429 e. The molecule has 0 aromatic carbocycles. The Morgan fingerprint density at radius 1 is 1.08 bits per heavy atom. The molecule has 8 heteroatoms. The van der Waals surface area contributed by atoms with E-state index >= 15 is 0 Å². The zero-order valence-electron chi connectivity index (χ0n) is 15.7. The zero-order valence-corrected chi connectivity index (χ0v) is 16.5. The standard InChI is InChI=1S/C18H33NO6S/c1-2-3-4-5-6-7-8-9-10-11-12-26(23,24)19-14-16(20)15-13-17(21)25-18(15)22/h13,16,18-20,22H,2-12,14H2,1H3. The smallest absolute Gasteiger partial charge is 0.333 e. The van der Waals surface area contributed by atoms with Gasteiger partial charge in [0.05, 0.1) is 11.9 Å². The van der Waals surface area contributed by atoms with Crippen molar-refractivity contribution in [2.24, 2.45) is 0 Å². The van der Waals surface area contributed by atoms with Crippen molar-refractivity contribution in [3.8, 4) is 0 Å². The molecule has 3 N–H and O–H groups in total. The molecular formula is C18H33NO6S. The molecule has 1 heterocycles. The lowest BCUT2D eigenvalue weighted by Gasteiger charge is -2.15. The molecule has 0 fully saturated rings. The maximum Gasteiger partial charge on any atom is 0.333 e. The minimum Gasteiger partial charge on any atom is -0.429 e. The Morgan fingerprint density at radius 2 is 1.62 bits per heavy atom. The molecule has 0 aromatic rings. The highest BCUT2D eigenvalue weighted by molar-refractivity contribution is 7.89. The van der Waals surface area contributed by atoms with Crippen molar-refractivity contribution in [3.05, 3.63) is 11.6 Å². The van der Waals surface area contributed by atoms with Crippen molar-refractivity contribution >= 4 is 16.0 Å². The van der Waals surface area contributed by atoms with E-state index in [2.05, 4.69) is 16.4 Å². The summed E-state index contributed by atoms with van der Waals surface area (Å²) in [6.45, 7) is 1.91.